The molecule has 2 rings (SSSR count). The molecule has 1 fully saturated rings. The lowest BCUT2D eigenvalue weighted by molar-refractivity contribution is -0.144. The molecular formula is C11H10ClN3O4. The maximum atomic E-state index is 12.2. The van der Waals surface area contributed by atoms with Crippen molar-refractivity contribution in [2.45, 2.75) is 6.04 Å². The number of nitrogens with one attached hydrogen (secondary N) is 1. The summed E-state index contributed by atoms with van der Waals surface area (Å²) in [4.78, 5) is 39.4. The van der Waals surface area contributed by atoms with Crippen molar-refractivity contribution in [3.63, 3.8) is 0 Å². The van der Waals surface area contributed by atoms with E-state index in [9.17, 15) is 14.4 Å². The van der Waals surface area contributed by atoms with E-state index in [1.807, 2.05) is 0 Å². The second-order valence-electron chi connectivity index (χ2n) is 3.93. The smallest absolute Gasteiger partial charge is 0.328 e. The number of halogens is 1. The first-order valence-corrected chi connectivity index (χ1v) is 5.79. The SMILES string of the molecule is O=C1CN(C(=O)c2cccnc2Cl)C(C(=O)O)CN1. The van der Waals surface area contributed by atoms with Gasteiger partial charge in [-0.2, -0.15) is 0 Å². The number of carboxylic acids is 1. The molecule has 0 aliphatic carbocycles. The maximum absolute atomic E-state index is 12.2. The van der Waals surface area contributed by atoms with Crippen LogP contribution < -0.4 is 5.32 Å². The zero-order valence-corrected chi connectivity index (χ0v) is 10.4. The standard InChI is InChI=1S/C11H10ClN3O4/c12-9-6(2-1-3-13-9)10(17)15-5-8(16)14-4-7(15)11(18)19/h1-3,7H,4-5H2,(H,14,16)(H,18,19). The van der Waals surface area contributed by atoms with Crippen LogP contribution in [0.25, 0.3) is 0 Å². The molecule has 7 nitrogen and oxygen atoms in total. The van der Waals surface area contributed by atoms with Crippen LogP contribution in [-0.4, -0.2) is 51.9 Å². The van der Waals surface area contributed by atoms with Gasteiger partial charge < -0.3 is 15.3 Å². The highest BCUT2D eigenvalue weighted by molar-refractivity contribution is 6.32. The van der Waals surface area contributed by atoms with Gasteiger partial charge in [-0.05, 0) is 12.1 Å². The van der Waals surface area contributed by atoms with Crippen LogP contribution in [0, 0.1) is 0 Å². The Bertz CT molecular complexity index is 548. The second-order valence-corrected chi connectivity index (χ2v) is 4.29. The van der Waals surface area contributed by atoms with E-state index in [0.717, 1.165) is 4.90 Å². The first-order valence-electron chi connectivity index (χ1n) is 5.41. The fourth-order valence-electron chi connectivity index (χ4n) is 1.78. The van der Waals surface area contributed by atoms with Crippen LogP contribution in [0.15, 0.2) is 18.3 Å². The molecule has 2 amide bonds. The Morgan fingerprint density at radius 1 is 1.53 bits per heavy atom. The van der Waals surface area contributed by atoms with Crippen molar-refractivity contribution in [1.29, 1.82) is 0 Å². The average Bonchev–Trinajstić information content (AvgIpc) is 2.38. The third-order valence-electron chi connectivity index (χ3n) is 2.72. The molecule has 1 aromatic rings. The number of carbonyl (C=O) groups is 3. The molecule has 1 saturated heterocycles. The lowest BCUT2D eigenvalue weighted by Gasteiger charge is -2.32. The number of nitrogens with zero attached hydrogens (tertiary/aromatic N) is 2. The number of pyridine rings is 1. The lowest BCUT2D eigenvalue weighted by atomic mass is 10.1. The van der Waals surface area contributed by atoms with Gasteiger partial charge in [0.15, 0.2) is 0 Å². The van der Waals surface area contributed by atoms with Crippen LogP contribution in [-0.2, 0) is 9.59 Å². The van der Waals surface area contributed by atoms with E-state index in [0.29, 0.717) is 0 Å². The van der Waals surface area contributed by atoms with Crippen molar-refractivity contribution in [2.75, 3.05) is 13.1 Å². The van der Waals surface area contributed by atoms with Gasteiger partial charge in [-0.3, -0.25) is 9.59 Å². The molecule has 0 aromatic carbocycles. The summed E-state index contributed by atoms with van der Waals surface area (Å²) < 4.78 is 0. The van der Waals surface area contributed by atoms with Gasteiger partial charge in [0, 0.05) is 12.7 Å². The maximum Gasteiger partial charge on any atom is 0.328 e. The molecule has 8 heteroatoms. The second kappa shape index (κ2) is 5.23. The van der Waals surface area contributed by atoms with E-state index < -0.39 is 23.8 Å². The molecule has 0 saturated carbocycles. The van der Waals surface area contributed by atoms with Crippen LogP contribution in [0.1, 0.15) is 10.4 Å². The largest absolute Gasteiger partial charge is 0.480 e. The first-order chi connectivity index (χ1) is 9.00. The monoisotopic (exact) mass is 283 g/mol. The molecule has 2 N–H and O–H groups in total. The minimum absolute atomic E-state index is 0.0254. The molecular weight excluding hydrogens is 274 g/mol. The summed E-state index contributed by atoms with van der Waals surface area (Å²) in [5, 5.41) is 11.4. The van der Waals surface area contributed by atoms with Crippen LogP contribution in [0.5, 0.6) is 0 Å². The lowest BCUT2D eigenvalue weighted by Crippen LogP contribution is -2.59. The van der Waals surface area contributed by atoms with Crippen molar-refractivity contribution in [3.05, 3.63) is 29.0 Å². The van der Waals surface area contributed by atoms with Gasteiger partial charge in [0.2, 0.25) is 5.91 Å². The molecule has 19 heavy (non-hydrogen) atoms. The minimum atomic E-state index is -1.19. The molecule has 0 radical (unpaired) electrons. The van der Waals surface area contributed by atoms with Crippen molar-refractivity contribution >= 4 is 29.4 Å². The van der Waals surface area contributed by atoms with Gasteiger partial charge in [-0.25, -0.2) is 9.78 Å². The summed E-state index contributed by atoms with van der Waals surface area (Å²) in [6.07, 6.45) is 1.41. The predicted octanol–water partition coefficient (Wildman–Crippen LogP) is -0.240. The van der Waals surface area contributed by atoms with Gasteiger partial charge in [0.1, 0.15) is 17.7 Å². The Hall–Kier alpha value is -2.15. The van der Waals surface area contributed by atoms with Gasteiger partial charge >= 0.3 is 5.97 Å². The van der Waals surface area contributed by atoms with E-state index >= 15 is 0 Å². The molecule has 1 unspecified atom stereocenters. The third-order valence-corrected chi connectivity index (χ3v) is 3.02. The number of aliphatic carboxylic acids is 1. The van der Waals surface area contributed by atoms with Gasteiger partial charge in [-0.15, -0.1) is 0 Å². The summed E-state index contributed by atoms with van der Waals surface area (Å²) in [7, 11) is 0. The molecule has 1 aromatic heterocycles. The average molecular weight is 284 g/mol. The summed E-state index contributed by atoms with van der Waals surface area (Å²) in [5.74, 6) is -2.22. The van der Waals surface area contributed by atoms with Gasteiger partial charge in [0.25, 0.3) is 5.91 Å². The highest BCUT2D eigenvalue weighted by atomic mass is 35.5. The van der Waals surface area contributed by atoms with Crippen molar-refractivity contribution in [2.24, 2.45) is 0 Å². The number of rotatable bonds is 2. The van der Waals surface area contributed by atoms with Crippen molar-refractivity contribution < 1.29 is 19.5 Å². The molecule has 1 aliphatic heterocycles. The first kappa shape index (κ1) is 13.3. The van der Waals surface area contributed by atoms with E-state index in [1.165, 1.54) is 18.3 Å². The Labute approximate surface area is 113 Å². The quantitative estimate of drug-likeness (QED) is 0.730. The molecule has 1 atom stereocenters. The Balaban J connectivity index is 2.32. The Morgan fingerprint density at radius 3 is 2.89 bits per heavy atom. The normalized spacial score (nSPS) is 18.9. The fraction of sp³-hybridized carbons (Fsp3) is 0.273. The van der Waals surface area contributed by atoms with Crippen LogP contribution in [0.3, 0.4) is 0 Å². The summed E-state index contributed by atoms with van der Waals surface area (Å²) in [6, 6.07) is 1.84. The number of hydrogen-bond donors (Lipinski definition) is 2. The van der Waals surface area contributed by atoms with Crippen LogP contribution >= 0.6 is 11.6 Å². The number of amides is 2. The number of aromatic nitrogens is 1. The topological polar surface area (TPSA) is 99.6 Å². The number of carboxylic acid groups (broad SMARTS) is 1. The Kier molecular flexibility index (Phi) is 3.66. The predicted molar refractivity (Wildman–Crippen MR) is 64.7 cm³/mol. The molecule has 0 spiro atoms. The zero-order chi connectivity index (χ0) is 14.0. The fourth-order valence-corrected chi connectivity index (χ4v) is 1.98. The third kappa shape index (κ3) is 2.65. The molecule has 1 aliphatic rings. The van der Waals surface area contributed by atoms with E-state index in [2.05, 4.69) is 10.3 Å². The zero-order valence-electron chi connectivity index (χ0n) is 9.67. The van der Waals surface area contributed by atoms with E-state index in [4.69, 9.17) is 16.7 Å². The van der Waals surface area contributed by atoms with Crippen molar-refractivity contribution in [3.8, 4) is 0 Å². The van der Waals surface area contributed by atoms with Crippen molar-refractivity contribution in [1.82, 2.24) is 15.2 Å². The number of carbonyl (C=O) groups excluding carboxylic acids is 2. The highest BCUT2D eigenvalue weighted by Crippen LogP contribution is 2.17. The molecule has 2 heterocycles. The van der Waals surface area contributed by atoms with E-state index in [1.54, 1.807) is 0 Å². The van der Waals surface area contributed by atoms with Crippen LogP contribution in [0.2, 0.25) is 5.15 Å². The number of hydrogen-bond acceptors (Lipinski definition) is 4. The number of piperazine rings is 1. The highest BCUT2D eigenvalue weighted by Gasteiger charge is 2.36. The van der Waals surface area contributed by atoms with E-state index in [-0.39, 0.29) is 23.8 Å². The summed E-state index contributed by atoms with van der Waals surface area (Å²) in [6.45, 7) is -0.446. The molecule has 100 valence electrons. The minimum Gasteiger partial charge on any atom is -0.480 e. The Morgan fingerprint density at radius 2 is 2.26 bits per heavy atom. The summed E-state index contributed by atoms with van der Waals surface area (Å²) in [5.41, 5.74) is 0.0742. The van der Waals surface area contributed by atoms with Gasteiger partial charge in [0.05, 0.1) is 5.56 Å². The summed E-state index contributed by atoms with van der Waals surface area (Å²) >= 11 is 5.80. The van der Waals surface area contributed by atoms with Gasteiger partial charge in [-0.1, -0.05) is 11.6 Å². The molecule has 0 bridgehead atoms. The van der Waals surface area contributed by atoms with Crippen LogP contribution in [0.4, 0.5) is 0 Å².